The van der Waals surface area contributed by atoms with E-state index in [4.69, 9.17) is 4.74 Å². The van der Waals surface area contributed by atoms with Gasteiger partial charge in [-0.1, -0.05) is 72.3 Å². The van der Waals surface area contributed by atoms with E-state index in [-0.39, 0.29) is 5.56 Å². The number of nitrogens with zero attached hydrogens (tertiary/aromatic N) is 1. The van der Waals surface area contributed by atoms with Gasteiger partial charge in [-0.15, -0.1) is 0 Å². The molecule has 0 amide bonds. The first-order chi connectivity index (χ1) is 14.6. The Balaban J connectivity index is 1.69. The zero-order valence-corrected chi connectivity index (χ0v) is 17.3. The van der Waals surface area contributed by atoms with Crippen LogP contribution < -0.4 is 10.3 Å². The molecule has 0 aliphatic heterocycles. The standard InChI is InChI=1S/C27H25NO2/c1-20-8-11-23(12-9-20)26-14-13-25(30-2)17-24(26)16-22-10-15-27(29)28(19-22)18-21-6-4-3-5-7-21/h3-15,17,19H,16,18H2,1-2H3. The number of ether oxygens (including phenoxy) is 1. The molecular formula is C27H25NO2. The maximum atomic E-state index is 12.4. The van der Waals surface area contributed by atoms with Crippen molar-refractivity contribution in [1.29, 1.82) is 0 Å². The van der Waals surface area contributed by atoms with Crippen molar-refractivity contribution in [3.8, 4) is 16.9 Å². The van der Waals surface area contributed by atoms with E-state index in [0.717, 1.165) is 23.3 Å². The number of benzene rings is 3. The van der Waals surface area contributed by atoms with E-state index in [1.165, 1.54) is 22.3 Å². The van der Waals surface area contributed by atoms with Crippen molar-refractivity contribution in [2.45, 2.75) is 19.9 Å². The Bertz CT molecular complexity index is 1190. The van der Waals surface area contributed by atoms with Gasteiger partial charge in [0.2, 0.25) is 0 Å². The molecular weight excluding hydrogens is 370 g/mol. The van der Waals surface area contributed by atoms with Gasteiger partial charge >= 0.3 is 0 Å². The monoisotopic (exact) mass is 395 g/mol. The molecule has 0 saturated heterocycles. The van der Waals surface area contributed by atoms with Crippen LogP contribution in [0.1, 0.15) is 22.3 Å². The summed E-state index contributed by atoms with van der Waals surface area (Å²) in [6.07, 6.45) is 2.68. The molecule has 3 aromatic carbocycles. The lowest BCUT2D eigenvalue weighted by molar-refractivity contribution is 0.414. The average molecular weight is 396 g/mol. The highest BCUT2D eigenvalue weighted by molar-refractivity contribution is 5.69. The van der Waals surface area contributed by atoms with Gasteiger partial charge in [-0.05, 0) is 53.3 Å². The molecule has 0 aliphatic carbocycles. The Morgan fingerprint density at radius 2 is 1.60 bits per heavy atom. The minimum absolute atomic E-state index is 0.00648. The summed E-state index contributed by atoms with van der Waals surface area (Å²) >= 11 is 0. The van der Waals surface area contributed by atoms with Crippen molar-refractivity contribution in [3.63, 3.8) is 0 Å². The molecule has 4 rings (SSSR count). The van der Waals surface area contributed by atoms with E-state index in [1.807, 2.05) is 48.7 Å². The Morgan fingerprint density at radius 3 is 2.33 bits per heavy atom. The Kier molecular flexibility index (Phi) is 5.80. The van der Waals surface area contributed by atoms with Gasteiger partial charge in [-0.2, -0.15) is 0 Å². The molecule has 0 bridgehead atoms. The molecule has 3 heteroatoms. The topological polar surface area (TPSA) is 31.2 Å². The molecule has 0 N–H and O–H groups in total. The van der Waals surface area contributed by atoms with Crippen LogP contribution in [0.15, 0.2) is 95.9 Å². The molecule has 0 radical (unpaired) electrons. The van der Waals surface area contributed by atoms with Gasteiger partial charge in [-0.3, -0.25) is 4.79 Å². The van der Waals surface area contributed by atoms with E-state index in [9.17, 15) is 4.79 Å². The summed E-state index contributed by atoms with van der Waals surface area (Å²) in [5, 5.41) is 0. The number of methoxy groups -OCH3 is 1. The van der Waals surface area contributed by atoms with E-state index < -0.39 is 0 Å². The lowest BCUT2D eigenvalue weighted by atomic mass is 9.94. The van der Waals surface area contributed by atoms with E-state index in [1.54, 1.807) is 17.7 Å². The van der Waals surface area contributed by atoms with Crippen LogP contribution in [0.5, 0.6) is 5.75 Å². The fourth-order valence-corrected chi connectivity index (χ4v) is 3.67. The second-order valence-electron chi connectivity index (χ2n) is 7.55. The van der Waals surface area contributed by atoms with Gasteiger partial charge in [-0.25, -0.2) is 0 Å². The Hall–Kier alpha value is -3.59. The normalized spacial score (nSPS) is 10.7. The van der Waals surface area contributed by atoms with Crippen LogP contribution in [0.2, 0.25) is 0 Å². The Labute approximate surface area is 177 Å². The van der Waals surface area contributed by atoms with Crippen LogP contribution in [0, 0.1) is 6.92 Å². The SMILES string of the molecule is COc1ccc(-c2ccc(C)cc2)c(Cc2ccc(=O)n(Cc3ccccc3)c2)c1. The molecule has 4 aromatic rings. The molecule has 0 saturated carbocycles. The lowest BCUT2D eigenvalue weighted by Crippen LogP contribution is -2.19. The second-order valence-corrected chi connectivity index (χ2v) is 7.55. The van der Waals surface area contributed by atoms with Gasteiger partial charge in [0.1, 0.15) is 5.75 Å². The summed E-state index contributed by atoms with van der Waals surface area (Å²) in [6, 6.07) is 28.4. The van der Waals surface area contributed by atoms with Crippen molar-refractivity contribution < 1.29 is 4.74 Å². The zero-order valence-electron chi connectivity index (χ0n) is 17.3. The first-order valence-electron chi connectivity index (χ1n) is 10.1. The lowest BCUT2D eigenvalue weighted by Gasteiger charge is -2.14. The summed E-state index contributed by atoms with van der Waals surface area (Å²) in [4.78, 5) is 12.4. The average Bonchev–Trinajstić information content (AvgIpc) is 2.77. The number of rotatable bonds is 6. The molecule has 0 unspecified atom stereocenters. The number of aromatic nitrogens is 1. The van der Waals surface area contributed by atoms with Crippen molar-refractivity contribution in [1.82, 2.24) is 4.57 Å². The highest BCUT2D eigenvalue weighted by Crippen LogP contribution is 2.29. The molecule has 1 aromatic heterocycles. The van der Waals surface area contributed by atoms with Crippen molar-refractivity contribution in [3.05, 3.63) is 124 Å². The molecule has 3 nitrogen and oxygen atoms in total. The molecule has 30 heavy (non-hydrogen) atoms. The summed E-state index contributed by atoms with van der Waals surface area (Å²) in [7, 11) is 1.69. The smallest absolute Gasteiger partial charge is 0.250 e. The van der Waals surface area contributed by atoms with Gasteiger partial charge < -0.3 is 9.30 Å². The third-order valence-corrected chi connectivity index (χ3v) is 5.31. The summed E-state index contributed by atoms with van der Waals surface area (Å²) in [5.74, 6) is 0.832. The highest BCUT2D eigenvalue weighted by Gasteiger charge is 2.09. The molecule has 150 valence electrons. The fraction of sp³-hybridized carbons (Fsp3) is 0.148. The maximum Gasteiger partial charge on any atom is 0.250 e. The predicted molar refractivity (Wildman–Crippen MR) is 122 cm³/mol. The van der Waals surface area contributed by atoms with Crippen LogP contribution >= 0.6 is 0 Å². The van der Waals surface area contributed by atoms with Crippen LogP contribution in [0.4, 0.5) is 0 Å². The molecule has 0 fully saturated rings. The maximum absolute atomic E-state index is 12.4. The number of aryl methyl sites for hydroxylation is 1. The van der Waals surface area contributed by atoms with Gasteiger partial charge in [0, 0.05) is 12.3 Å². The van der Waals surface area contributed by atoms with Crippen molar-refractivity contribution >= 4 is 0 Å². The summed E-state index contributed by atoms with van der Waals surface area (Å²) < 4.78 is 7.24. The largest absolute Gasteiger partial charge is 0.497 e. The summed E-state index contributed by atoms with van der Waals surface area (Å²) in [5.41, 5.74) is 6.97. The minimum Gasteiger partial charge on any atom is -0.497 e. The predicted octanol–water partition coefficient (Wildman–Crippen LogP) is 5.47. The van der Waals surface area contributed by atoms with Crippen LogP contribution in [0.25, 0.3) is 11.1 Å². The molecule has 1 heterocycles. The number of pyridine rings is 1. The number of hydrogen-bond donors (Lipinski definition) is 0. The van der Waals surface area contributed by atoms with E-state index in [0.29, 0.717) is 6.54 Å². The van der Waals surface area contributed by atoms with Crippen molar-refractivity contribution in [2.75, 3.05) is 7.11 Å². The van der Waals surface area contributed by atoms with Crippen LogP contribution in [-0.4, -0.2) is 11.7 Å². The first-order valence-corrected chi connectivity index (χ1v) is 10.1. The van der Waals surface area contributed by atoms with Gasteiger partial charge in [0.25, 0.3) is 5.56 Å². The summed E-state index contributed by atoms with van der Waals surface area (Å²) in [6.45, 7) is 2.66. The third-order valence-electron chi connectivity index (χ3n) is 5.31. The molecule has 0 aliphatic rings. The van der Waals surface area contributed by atoms with Crippen LogP contribution in [-0.2, 0) is 13.0 Å². The van der Waals surface area contributed by atoms with E-state index in [2.05, 4.69) is 43.3 Å². The molecule has 0 atom stereocenters. The van der Waals surface area contributed by atoms with Crippen LogP contribution in [0.3, 0.4) is 0 Å². The highest BCUT2D eigenvalue weighted by atomic mass is 16.5. The quantitative estimate of drug-likeness (QED) is 0.433. The van der Waals surface area contributed by atoms with Gasteiger partial charge in [0.15, 0.2) is 0 Å². The first kappa shape index (κ1) is 19.7. The minimum atomic E-state index is 0.00648. The zero-order chi connectivity index (χ0) is 20.9. The van der Waals surface area contributed by atoms with Gasteiger partial charge in [0.05, 0.1) is 13.7 Å². The second kappa shape index (κ2) is 8.83. The molecule has 0 spiro atoms. The van der Waals surface area contributed by atoms with E-state index >= 15 is 0 Å². The van der Waals surface area contributed by atoms with Crippen molar-refractivity contribution in [2.24, 2.45) is 0 Å². The third kappa shape index (κ3) is 4.52. The Morgan fingerprint density at radius 1 is 0.833 bits per heavy atom. The fourth-order valence-electron chi connectivity index (χ4n) is 3.67. The number of hydrogen-bond acceptors (Lipinski definition) is 2.